The zero-order valence-corrected chi connectivity index (χ0v) is 24.5. The van der Waals surface area contributed by atoms with E-state index in [2.05, 4.69) is 36.1 Å². The van der Waals surface area contributed by atoms with E-state index in [1.807, 2.05) is 0 Å². The first-order valence-corrected chi connectivity index (χ1v) is 15.2. The third-order valence-electron chi connectivity index (χ3n) is 5.99. The van der Waals surface area contributed by atoms with Crippen LogP contribution in [0, 0.1) is 5.82 Å². The van der Waals surface area contributed by atoms with E-state index in [0.29, 0.717) is 27.6 Å². The number of alkyl halides is 3. The van der Waals surface area contributed by atoms with Crippen molar-refractivity contribution in [2.45, 2.75) is 29.4 Å². The Balaban J connectivity index is 1.33. The summed E-state index contributed by atoms with van der Waals surface area (Å²) in [5.41, 5.74) is -0.201. The maximum Gasteiger partial charge on any atom is 0.471 e. The van der Waals surface area contributed by atoms with Gasteiger partial charge < -0.3 is 15.3 Å². The lowest BCUT2D eigenvalue weighted by Crippen LogP contribution is -2.71. The molecule has 15 nitrogen and oxygen atoms in total. The third kappa shape index (κ3) is 7.23. The number of hydrogen-bond acceptors (Lipinski definition) is 13. The highest BCUT2D eigenvalue weighted by molar-refractivity contribution is 8.01. The largest absolute Gasteiger partial charge is 0.477 e. The summed E-state index contributed by atoms with van der Waals surface area (Å²) < 4.78 is 51.3. The molecule has 4 heterocycles. The first-order valence-electron chi connectivity index (χ1n) is 12.3. The number of rotatable bonds is 11. The monoisotopic (exact) mass is 687 g/mol. The van der Waals surface area contributed by atoms with Gasteiger partial charge in [0.1, 0.15) is 35.2 Å². The first kappa shape index (κ1) is 31.8. The number of H-pyrrole nitrogens is 1. The molecule has 0 radical (unpaired) electrons. The number of amides is 3. The summed E-state index contributed by atoms with van der Waals surface area (Å²) in [7, 11) is 0. The second-order valence-electron chi connectivity index (χ2n) is 8.94. The normalized spacial score (nSPS) is 18.3. The van der Waals surface area contributed by atoms with Gasteiger partial charge in [0.2, 0.25) is 5.16 Å². The van der Waals surface area contributed by atoms with Crippen LogP contribution in [-0.4, -0.2) is 94.1 Å². The molecule has 236 valence electrons. The number of carbonyl (C=O) groups is 4. The molecule has 0 bridgehead atoms. The van der Waals surface area contributed by atoms with Crippen molar-refractivity contribution in [2.75, 3.05) is 16.8 Å². The minimum absolute atomic E-state index is 0.165. The van der Waals surface area contributed by atoms with Crippen LogP contribution in [0.4, 0.5) is 22.7 Å². The van der Waals surface area contributed by atoms with Crippen LogP contribution >= 0.6 is 34.9 Å². The molecule has 2 aliphatic heterocycles. The molecule has 45 heavy (non-hydrogen) atoms. The predicted octanol–water partition coefficient (Wildman–Crippen LogP) is 1.75. The predicted molar refractivity (Wildman–Crippen MR) is 149 cm³/mol. The molecule has 4 N–H and O–H groups in total. The molecule has 0 aliphatic carbocycles. The number of aromatic nitrogens is 5. The second-order valence-corrected chi connectivity index (χ2v) is 11.9. The van der Waals surface area contributed by atoms with E-state index < -0.39 is 57.9 Å². The van der Waals surface area contributed by atoms with E-state index in [4.69, 9.17) is 4.84 Å². The Morgan fingerprint density at radius 2 is 2.00 bits per heavy atom. The van der Waals surface area contributed by atoms with Crippen molar-refractivity contribution in [3.8, 4) is 0 Å². The highest BCUT2D eigenvalue weighted by Crippen LogP contribution is 2.41. The van der Waals surface area contributed by atoms with E-state index in [9.17, 15) is 41.8 Å². The van der Waals surface area contributed by atoms with Crippen molar-refractivity contribution in [2.24, 2.45) is 5.16 Å². The number of nitrogens with one attached hydrogen (secondary N) is 3. The van der Waals surface area contributed by atoms with Crippen molar-refractivity contribution in [1.29, 1.82) is 0 Å². The quantitative estimate of drug-likeness (QED) is 0.0749. The Morgan fingerprint density at radius 1 is 1.24 bits per heavy atom. The molecule has 2 aromatic heterocycles. The van der Waals surface area contributed by atoms with Crippen LogP contribution in [-0.2, 0) is 30.6 Å². The summed E-state index contributed by atoms with van der Waals surface area (Å²) in [6.07, 6.45) is -5.19. The lowest BCUT2D eigenvalue weighted by Gasteiger charge is -2.49. The Labute approximate surface area is 260 Å². The number of aliphatic carboxylic acids is 1. The molecule has 0 saturated carbocycles. The Bertz CT molecular complexity index is 1680. The van der Waals surface area contributed by atoms with Gasteiger partial charge in [-0.05, 0) is 33.7 Å². The number of β-lactam (4-membered cyclic amide) rings is 1. The number of fused-ring (bicyclic) bond motifs is 1. The summed E-state index contributed by atoms with van der Waals surface area (Å²) in [6, 6.07) is 3.91. The molecule has 2 atom stereocenters. The molecule has 2 aliphatic rings. The second kappa shape index (κ2) is 13.2. The number of anilines is 1. The fourth-order valence-corrected chi connectivity index (χ4v) is 6.85. The summed E-state index contributed by atoms with van der Waals surface area (Å²) >= 11 is 2.90. The van der Waals surface area contributed by atoms with E-state index >= 15 is 0 Å². The number of thioether (sulfide) groups is 2. The molecule has 1 unspecified atom stereocenters. The molecule has 22 heteroatoms. The molecule has 1 saturated heterocycles. The number of carbonyl (C=O) groups excluding carboxylic acids is 3. The van der Waals surface area contributed by atoms with Gasteiger partial charge in [-0.1, -0.05) is 29.1 Å². The maximum atomic E-state index is 13.4. The summed E-state index contributed by atoms with van der Waals surface area (Å²) in [5, 5.41) is 31.0. The standard InChI is InChI=1S/C23H17F4N9O6S3/c24-11-3-1-9(2-4-11)5-42-33-13(12-8-45-21(28-12)30-20(41)23(25,26)27)16(37)29-14-17(38)36-15(19(39)40)10(6-43-18(14)36)7-44-22-31-34-35-32-22/h1-4,8,14,18H,5-7H2,(H,29,37)(H,39,40)(H,28,30,41)(H,31,32,34,35)/b33-13+/t14?,18-/m1/s1. The number of hydrogen-bond donors (Lipinski definition) is 4. The van der Waals surface area contributed by atoms with Crippen LogP contribution in [0.15, 0.2) is 51.2 Å². The number of aromatic amines is 1. The first-order chi connectivity index (χ1) is 21.4. The number of nitrogens with zero attached hydrogens (tertiary/aromatic N) is 6. The smallest absolute Gasteiger partial charge is 0.471 e. The molecule has 1 aromatic carbocycles. The number of oxime groups is 1. The van der Waals surface area contributed by atoms with Crippen LogP contribution in [0.5, 0.6) is 0 Å². The van der Waals surface area contributed by atoms with Gasteiger partial charge in [-0.3, -0.25) is 24.6 Å². The summed E-state index contributed by atoms with van der Waals surface area (Å²) in [6.45, 7) is -0.245. The van der Waals surface area contributed by atoms with Gasteiger partial charge in [0.15, 0.2) is 10.8 Å². The Hall–Kier alpha value is -4.57. The fraction of sp³-hybridized carbons (Fsp3) is 0.261. The van der Waals surface area contributed by atoms with Gasteiger partial charge >= 0.3 is 18.1 Å². The van der Waals surface area contributed by atoms with Crippen LogP contribution < -0.4 is 10.6 Å². The van der Waals surface area contributed by atoms with Crippen molar-refractivity contribution >= 4 is 69.4 Å². The Kier molecular flexibility index (Phi) is 9.34. The molecular weight excluding hydrogens is 671 g/mol. The van der Waals surface area contributed by atoms with Gasteiger partial charge in [-0.2, -0.15) is 13.2 Å². The zero-order chi connectivity index (χ0) is 32.3. The third-order valence-corrected chi connectivity index (χ3v) is 9.02. The topological polar surface area (TPSA) is 205 Å². The molecule has 5 rings (SSSR count). The number of thiazole rings is 1. The van der Waals surface area contributed by atoms with Gasteiger partial charge in [0.25, 0.3) is 11.8 Å². The van der Waals surface area contributed by atoms with Gasteiger partial charge in [0, 0.05) is 16.9 Å². The van der Waals surface area contributed by atoms with E-state index in [1.165, 1.54) is 23.9 Å². The van der Waals surface area contributed by atoms with Crippen LogP contribution in [0.1, 0.15) is 11.3 Å². The number of carboxylic acids is 1. The zero-order valence-electron chi connectivity index (χ0n) is 22.1. The van der Waals surface area contributed by atoms with Crippen molar-refractivity contribution < 1.29 is 46.7 Å². The van der Waals surface area contributed by atoms with Crippen LogP contribution in [0.2, 0.25) is 0 Å². The van der Waals surface area contributed by atoms with Crippen molar-refractivity contribution in [3.05, 3.63) is 58.0 Å². The highest BCUT2D eigenvalue weighted by Gasteiger charge is 2.54. The number of tetrazole rings is 1. The fourth-order valence-electron chi connectivity index (χ4n) is 3.94. The molecule has 3 aromatic rings. The maximum absolute atomic E-state index is 13.4. The minimum Gasteiger partial charge on any atom is -0.477 e. The van der Waals surface area contributed by atoms with Gasteiger partial charge in [-0.25, -0.2) is 19.3 Å². The number of halogens is 4. The van der Waals surface area contributed by atoms with Crippen LogP contribution in [0.3, 0.4) is 0 Å². The van der Waals surface area contributed by atoms with Crippen LogP contribution in [0.25, 0.3) is 0 Å². The summed E-state index contributed by atoms with van der Waals surface area (Å²) in [5.74, 6) is -5.53. The molecule has 1 fully saturated rings. The molecule has 3 amide bonds. The number of benzene rings is 1. The number of carboxylic acid groups (broad SMARTS) is 1. The lowest BCUT2D eigenvalue weighted by molar-refractivity contribution is -0.167. The highest BCUT2D eigenvalue weighted by atomic mass is 32.2. The SMILES string of the molecule is O=C(O)C1=C(CSc2nnn[nH]2)CS[C@@H]2C(NC(=O)/C(=N/OCc3ccc(F)cc3)c3csc(NC(=O)C(F)(F)F)n3)C(=O)N12. The minimum atomic E-state index is -5.19. The summed E-state index contributed by atoms with van der Waals surface area (Å²) in [4.78, 5) is 60.0. The van der Waals surface area contributed by atoms with Gasteiger partial charge in [0.05, 0.1) is 0 Å². The molecule has 0 spiro atoms. The average molecular weight is 688 g/mol. The van der Waals surface area contributed by atoms with Gasteiger partial charge in [-0.15, -0.1) is 28.2 Å². The average Bonchev–Trinajstić information content (AvgIpc) is 3.69. The van der Waals surface area contributed by atoms with E-state index in [0.717, 1.165) is 34.2 Å². The van der Waals surface area contributed by atoms with E-state index in [-0.39, 0.29) is 29.5 Å². The molecular formula is C23H17F4N9O6S3. The lowest BCUT2D eigenvalue weighted by atomic mass is 10.0. The van der Waals surface area contributed by atoms with Crippen molar-refractivity contribution in [3.63, 3.8) is 0 Å². The Morgan fingerprint density at radius 3 is 2.67 bits per heavy atom. The van der Waals surface area contributed by atoms with E-state index in [1.54, 1.807) is 5.32 Å². The van der Waals surface area contributed by atoms with Crippen molar-refractivity contribution in [1.82, 2.24) is 35.8 Å².